The number of aromatic nitrogens is 2. The zero-order valence-electron chi connectivity index (χ0n) is 30.0. The number of benzene rings is 2. The maximum Gasteiger partial charge on any atom is 0.447 e. The van der Waals surface area contributed by atoms with Gasteiger partial charge in [0, 0.05) is 68.1 Å². The second-order valence-corrected chi connectivity index (χ2v) is 14.9. The van der Waals surface area contributed by atoms with Crippen molar-refractivity contribution in [2.45, 2.75) is 56.5 Å². The number of likely N-dealkylation sites (tertiary alicyclic amines) is 2. The molecule has 2 aromatic carbocycles. The van der Waals surface area contributed by atoms with Gasteiger partial charge in [-0.05, 0) is 65.8 Å². The molecule has 0 aliphatic carbocycles. The van der Waals surface area contributed by atoms with E-state index in [9.17, 15) is 24.6 Å². The molecule has 7 heterocycles. The summed E-state index contributed by atoms with van der Waals surface area (Å²) in [5.41, 5.74) is 2.27. The van der Waals surface area contributed by atoms with E-state index in [2.05, 4.69) is 10.2 Å². The van der Waals surface area contributed by atoms with Crippen LogP contribution in [0.1, 0.15) is 43.2 Å². The Labute approximate surface area is 316 Å². The summed E-state index contributed by atoms with van der Waals surface area (Å²) in [7, 11) is 0. The maximum absolute atomic E-state index is 16.3. The van der Waals surface area contributed by atoms with E-state index in [0.717, 1.165) is 11.1 Å². The van der Waals surface area contributed by atoms with E-state index in [-0.39, 0.29) is 31.5 Å². The van der Waals surface area contributed by atoms with Crippen LogP contribution in [0.4, 0.5) is 21.6 Å². The van der Waals surface area contributed by atoms with Crippen molar-refractivity contribution in [3.63, 3.8) is 0 Å². The first-order valence-electron chi connectivity index (χ1n) is 18.7. The molecule has 0 saturated carbocycles. The number of amides is 4. The Kier molecular flexibility index (Phi) is 8.17. The largest absolute Gasteiger partial charge is 0.465 e. The molecule has 4 bridgehead atoms. The summed E-state index contributed by atoms with van der Waals surface area (Å²) in [5.74, 6) is -1.32. The Bertz CT molecular complexity index is 2260. The minimum absolute atomic E-state index is 0.104. The summed E-state index contributed by atoms with van der Waals surface area (Å²) in [5, 5.41) is 30.2. The number of piperidine rings is 2. The molecule has 6 aliphatic heterocycles. The number of hydrogen-bond acceptors (Lipinski definition) is 7. The van der Waals surface area contributed by atoms with Gasteiger partial charge in [0.05, 0.1) is 0 Å². The Balaban J connectivity index is 1.22. The number of carboxylic acid groups (broad SMARTS) is 2. The molecule has 2 fully saturated rings. The highest BCUT2D eigenvalue weighted by atomic mass is 16.4. The van der Waals surface area contributed by atoms with Crippen molar-refractivity contribution in [2.75, 3.05) is 13.1 Å². The lowest BCUT2D eigenvalue weighted by Gasteiger charge is -2.50. The highest BCUT2D eigenvalue weighted by molar-refractivity contribution is 6.05. The summed E-state index contributed by atoms with van der Waals surface area (Å²) in [6.07, 6.45) is 15.4. The quantitative estimate of drug-likeness (QED) is 0.244. The summed E-state index contributed by atoms with van der Waals surface area (Å²) in [6.45, 7) is 0.381. The molecular weight excluding hydrogens is 700 g/mol. The Morgan fingerprint density at radius 3 is 1.82 bits per heavy atom. The van der Waals surface area contributed by atoms with E-state index in [4.69, 9.17) is 4.42 Å². The molecule has 3 aromatic rings. The predicted molar refractivity (Wildman–Crippen MR) is 201 cm³/mol. The second kappa shape index (κ2) is 13.0. The normalized spacial score (nSPS) is 25.4. The van der Waals surface area contributed by atoms with Gasteiger partial charge in [0.15, 0.2) is 34.4 Å². The van der Waals surface area contributed by atoms with Gasteiger partial charge in [-0.25, -0.2) is 19.2 Å². The van der Waals surface area contributed by atoms with Gasteiger partial charge >= 0.3 is 36.0 Å². The Morgan fingerprint density at radius 2 is 1.25 bits per heavy atom. The van der Waals surface area contributed by atoms with Crippen LogP contribution < -0.4 is 8.97 Å². The molecule has 4 amide bonds. The molecule has 6 aliphatic rings. The SMILES string of the molecule is O=C(O)N1CCCC[C@H]1C(=O)[N+]1(c2nnc([N+]3(C(=O)[C@]4(Cc5ccccc5)C(Cc5ccccc5)CCCN4C(=O)O)C4=CC=C3C=C4)o2)C2=CC=C1C=C2. The molecule has 3 atom stereocenters. The fourth-order valence-electron chi connectivity index (χ4n) is 9.72. The summed E-state index contributed by atoms with van der Waals surface area (Å²) in [6, 6.07) is 18.1. The van der Waals surface area contributed by atoms with Crippen LogP contribution in [0.5, 0.6) is 0 Å². The lowest BCUT2D eigenvalue weighted by Crippen LogP contribution is -2.72. The number of carbonyl (C=O) groups excluding carboxylic acids is 2. The fraction of sp³-hybridized carbons (Fsp3) is 0.286. The van der Waals surface area contributed by atoms with Crippen LogP contribution in [-0.4, -0.2) is 78.9 Å². The monoisotopic (exact) mass is 740 g/mol. The minimum atomic E-state index is -1.60. The second-order valence-electron chi connectivity index (χ2n) is 14.9. The molecule has 13 nitrogen and oxygen atoms in total. The lowest BCUT2D eigenvalue weighted by molar-refractivity contribution is -0.146. The van der Waals surface area contributed by atoms with E-state index in [0.29, 0.717) is 61.3 Å². The molecule has 278 valence electrons. The first-order valence-corrected chi connectivity index (χ1v) is 18.7. The van der Waals surface area contributed by atoms with Crippen molar-refractivity contribution in [1.82, 2.24) is 29.0 Å². The number of rotatable bonds is 8. The zero-order chi connectivity index (χ0) is 38.0. The van der Waals surface area contributed by atoms with Crippen molar-refractivity contribution in [3.8, 4) is 0 Å². The Hall–Kier alpha value is -6.18. The molecule has 13 heteroatoms. The number of hydrogen-bond donors (Lipinski definition) is 2. The first-order chi connectivity index (χ1) is 26.7. The van der Waals surface area contributed by atoms with Crippen molar-refractivity contribution in [1.29, 1.82) is 0 Å². The average molecular weight is 741 g/mol. The fourth-order valence-corrected chi connectivity index (χ4v) is 9.72. The molecule has 0 radical (unpaired) electrons. The van der Waals surface area contributed by atoms with Crippen LogP contribution in [0.2, 0.25) is 0 Å². The van der Waals surface area contributed by atoms with Crippen molar-refractivity contribution >= 4 is 36.0 Å². The van der Waals surface area contributed by atoms with Gasteiger partial charge < -0.3 is 14.6 Å². The van der Waals surface area contributed by atoms with Gasteiger partial charge in [-0.15, -0.1) is 8.97 Å². The third-order valence-electron chi connectivity index (χ3n) is 12.2. The predicted octanol–water partition coefficient (Wildman–Crippen LogP) is 6.59. The highest BCUT2D eigenvalue weighted by Gasteiger charge is 2.69. The number of carbonyl (C=O) groups is 4. The maximum atomic E-state index is 16.3. The van der Waals surface area contributed by atoms with E-state index in [1.165, 1.54) is 9.80 Å². The summed E-state index contributed by atoms with van der Waals surface area (Å²) < 4.78 is 5.43. The van der Waals surface area contributed by atoms with Gasteiger partial charge in [0.25, 0.3) is 0 Å². The number of allylic oxidation sites excluding steroid dienone is 8. The van der Waals surface area contributed by atoms with Crippen molar-refractivity contribution < 1.29 is 33.8 Å². The van der Waals surface area contributed by atoms with Gasteiger partial charge in [-0.2, -0.15) is 0 Å². The molecular formula is C42H40N6O7+2. The van der Waals surface area contributed by atoms with Crippen LogP contribution in [-0.2, 0) is 22.4 Å². The van der Waals surface area contributed by atoms with E-state index >= 15 is 4.79 Å². The number of nitrogens with zero attached hydrogens (tertiary/aromatic N) is 6. The smallest absolute Gasteiger partial charge is 0.447 e. The topological polar surface area (TPSA) is 154 Å². The van der Waals surface area contributed by atoms with Crippen LogP contribution in [0.25, 0.3) is 0 Å². The van der Waals surface area contributed by atoms with Crippen molar-refractivity contribution in [2.24, 2.45) is 5.92 Å². The van der Waals surface area contributed by atoms with E-state index < -0.39 is 50.5 Å². The molecule has 9 rings (SSSR count). The first kappa shape index (κ1) is 34.6. The molecule has 55 heavy (non-hydrogen) atoms. The Morgan fingerprint density at radius 1 is 0.691 bits per heavy atom. The molecule has 1 aromatic heterocycles. The number of fused-ring (bicyclic) bond motifs is 4. The average Bonchev–Trinajstić information content (AvgIpc) is 4.05. The zero-order valence-corrected chi connectivity index (χ0v) is 30.0. The standard InChI is InChI=1S/C42H38N6O7/c49-36(35-15-7-8-24-45(35)40(51)52)47(31-16-17-32(47)19-18-31)38-43-44-39(55-38)48(33-20-21-34(48)23-22-33)37(50)42(27-29-12-5-2-6-13-29)30(14-9-25-46(42)41(53)54)26-28-10-3-1-4-11-28/h1-6,10-13,16-23,30,35H,7-9,14-15,24-27H2/p+2/t30?,35-,42-/m0/s1. The van der Waals surface area contributed by atoms with Crippen LogP contribution >= 0.6 is 0 Å². The summed E-state index contributed by atoms with van der Waals surface area (Å²) in [4.78, 5) is 59.5. The highest BCUT2D eigenvalue weighted by Crippen LogP contribution is 2.53. The van der Waals surface area contributed by atoms with E-state index in [1.54, 1.807) is 24.3 Å². The number of quaternary nitrogens is 2. The summed E-state index contributed by atoms with van der Waals surface area (Å²) >= 11 is 0. The lowest BCUT2D eigenvalue weighted by atomic mass is 9.69. The molecule has 1 unspecified atom stereocenters. The van der Waals surface area contributed by atoms with Crippen LogP contribution in [0, 0.1) is 5.92 Å². The van der Waals surface area contributed by atoms with Crippen LogP contribution in [0.3, 0.4) is 0 Å². The van der Waals surface area contributed by atoms with Gasteiger partial charge in [-0.3, -0.25) is 9.80 Å². The van der Waals surface area contributed by atoms with Gasteiger partial charge in [0.2, 0.25) is 0 Å². The van der Waals surface area contributed by atoms with Crippen molar-refractivity contribution in [3.05, 3.63) is 143 Å². The minimum Gasteiger partial charge on any atom is -0.465 e. The van der Waals surface area contributed by atoms with Crippen LogP contribution in [0.15, 0.2) is 136 Å². The third kappa shape index (κ3) is 4.92. The van der Waals surface area contributed by atoms with Gasteiger partial charge in [-0.1, -0.05) is 60.7 Å². The molecule has 2 saturated heterocycles. The van der Waals surface area contributed by atoms with Gasteiger partial charge in [0.1, 0.15) is 0 Å². The molecule has 0 spiro atoms. The third-order valence-corrected chi connectivity index (χ3v) is 12.2. The molecule has 2 N–H and O–H groups in total. The van der Waals surface area contributed by atoms with E-state index in [1.807, 2.05) is 85.0 Å².